The molecular weight excluding hydrogens is 400 g/mol. The zero-order chi connectivity index (χ0) is 21.9. The van der Waals surface area contributed by atoms with Gasteiger partial charge in [-0.2, -0.15) is 9.40 Å². The van der Waals surface area contributed by atoms with Gasteiger partial charge < -0.3 is 5.11 Å². The van der Waals surface area contributed by atoms with Crippen LogP contribution in [0.5, 0.6) is 0 Å². The first-order valence-electron chi connectivity index (χ1n) is 9.80. The summed E-state index contributed by atoms with van der Waals surface area (Å²) < 4.78 is 29.9. The molecule has 160 valence electrons. The molecule has 1 heterocycles. The van der Waals surface area contributed by atoms with Crippen LogP contribution in [0.2, 0.25) is 0 Å². The number of sulfonamides is 1. The molecule has 0 radical (unpaired) electrons. The predicted molar refractivity (Wildman–Crippen MR) is 116 cm³/mol. The van der Waals surface area contributed by atoms with E-state index in [9.17, 15) is 13.5 Å². The summed E-state index contributed by atoms with van der Waals surface area (Å²) in [6.07, 6.45) is 0.00916. The Labute approximate surface area is 178 Å². The molecule has 8 heteroatoms. The second-order valence-electron chi connectivity index (χ2n) is 7.68. The molecule has 0 aliphatic rings. The highest BCUT2D eigenvalue weighted by atomic mass is 32.2. The third kappa shape index (κ3) is 4.95. The second kappa shape index (κ2) is 9.07. The van der Waals surface area contributed by atoms with Gasteiger partial charge in [-0.3, -0.25) is 4.68 Å². The lowest BCUT2D eigenvalue weighted by Gasteiger charge is -2.28. The molecule has 2 atom stereocenters. The third-order valence-corrected chi connectivity index (χ3v) is 7.42. The Morgan fingerprint density at radius 1 is 0.967 bits per heavy atom. The van der Waals surface area contributed by atoms with Gasteiger partial charge >= 0.3 is 0 Å². The van der Waals surface area contributed by atoms with Crippen molar-refractivity contribution in [3.63, 3.8) is 0 Å². The number of aryl methyl sites for hydroxylation is 3. The van der Waals surface area contributed by atoms with Gasteiger partial charge in [-0.05, 0) is 31.9 Å². The average molecular weight is 429 g/mol. The number of aliphatic hydroxyl groups is 1. The molecule has 1 aromatic heterocycles. The van der Waals surface area contributed by atoms with E-state index in [2.05, 4.69) is 10.1 Å². The van der Waals surface area contributed by atoms with Crippen molar-refractivity contribution in [2.24, 2.45) is 7.05 Å². The maximum Gasteiger partial charge on any atom is 0.220 e. The van der Waals surface area contributed by atoms with Crippen LogP contribution < -0.4 is 0 Å². The minimum absolute atomic E-state index is 0.215. The van der Waals surface area contributed by atoms with E-state index in [1.165, 1.54) is 22.2 Å². The van der Waals surface area contributed by atoms with Crippen LogP contribution in [0.4, 0.5) is 0 Å². The van der Waals surface area contributed by atoms with E-state index in [-0.39, 0.29) is 18.9 Å². The molecule has 0 fully saturated rings. The summed E-state index contributed by atoms with van der Waals surface area (Å²) in [5.74, 6) is 0.219. The minimum atomic E-state index is -3.86. The quantitative estimate of drug-likeness (QED) is 0.596. The van der Waals surface area contributed by atoms with Crippen LogP contribution in [0.1, 0.15) is 41.1 Å². The fourth-order valence-corrected chi connectivity index (χ4v) is 4.79. The van der Waals surface area contributed by atoms with E-state index in [1.54, 1.807) is 7.05 Å². The molecule has 0 amide bonds. The molecule has 30 heavy (non-hydrogen) atoms. The minimum Gasteiger partial charge on any atom is -0.384 e. The topological polar surface area (TPSA) is 88.3 Å². The number of hydrogen-bond donors (Lipinski definition) is 1. The Kier molecular flexibility index (Phi) is 6.70. The Hall–Kier alpha value is -2.55. The van der Waals surface area contributed by atoms with Gasteiger partial charge in [0.25, 0.3) is 0 Å². The summed E-state index contributed by atoms with van der Waals surface area (Å²) >= 11 is 0. The number of benzene rings is 2. The van der Waals surface area contributed by atoms with Crippen LogP contribution in [0.15, 0.2) is 54.9 Å². The van der Waals surface area contributed by atoms with Gasteiger partial charge in [-0.15, -0.1) is 0 Å². The smallest absolute Gasteiger partial charge is 0.220 e. The van der Waals surface area contributed by atoms with Crippen molar-refractivity contribution in [2.45, 2.75) is 45.2 Å². The lowest BCUT2D eigenvalue weighted by Crippen LogP contribution is -2.40. The molecule has 3 aromatic rings. The fourth-order valence-electron chi connectivity index (χ4n) is 3.21. The van der Waals surface area contributed by atoms with E-state index in [1.807, 2.05) is 62.4 Å². The maximum absolute atomic E-state index is 13.5. The zero-order valence-corrected chi connectivity index (χ0v) is 18.5. The van der Waals surface area contributed by atoms with Crippen molar-refractivity contribution in [2.75, 3.05) is 0 Å². The predicted octanol–water partition coefficient (Wildman–Crippen LogP) is 2.89. The lowest BCUT2D eigenvalue weighted by atomic mass is 10.1. The normalized spacial score (nSPS) is 14.1. The van der Waals surface area contributed by atoms with Crippen LogP contribution in [0, 0.1) is 13.8 Å². The van der Waals surface area contributed by atoms with Crippen LogP contribution in [0.3, 0.4) is 0 Å². The van der Waals surface area contributed by atoms with Crippen molar-refractivity contribution < 1.29 is 13.5 Å². The lowest BCUT2D eigenvalue weighted by molar-refractivity contribution is 0.158. The van der Waals surface area contributed by atoms with E-state index >= 15 is 0 Å². The molecule has 0 aliphatic carbocycles. The van der Waals surface area contributed by atoms with E-state index < -0.39 is 21.4 Å². The van der Waals surface area contributed by atoms with Crippen molar-refractivity contribution in [1.82, 2.24) is 19.1 Å². The highest BCUT2D eigenvalue weighted by Gasteiger charge is 2.36. The number of aromatic nitrogens is 3. The first kappa shape index (κ1) is 22.1. The van der Waals surface area contributed by atoms with Gasteiger partial charge in [0, 0.05) is 20.1 Å². The first-order valence-corrected chi connectivity index (χ1v) is 11.3. The molecule has 0 bridgehead atoms. The molecule has 3 rings (SSSR count). The number of hydrogen-bond acceptors (Lipinski definition) is 5. The fraction of sp³-hybridized carbons (Fsp3) is 0.364. The SMILES string of the molecule is Cc1ccc(CN(Cc2ccc(C)cc2)S(=O)(=O)[C@@H](C)[C@H](O)c2ncnn2C)cc1. The maximum atomic E-state index is 13.5. The molecule has 0 saturated carbocycles. The zero-order valence-electron chi connectivity index (χ0n) is 17.7. The van der Waals surface area contributed by atoms with Crippen LogP contribution in [0.25, 0.3) is 0 Å². The Balaban J connectivity index is 1.92. The van der Waals surface area contributed by atoms with Gasteiger partial charge in [-0.1, -0.05) is 59.7 Å². The van der Waals surface area contributed by atoms with Crippen molar-refractivity contribution in [3.8, 4) is 0 Å². The molecule has 0 unspecified atom stereocenters. The summed E-state index contributed by atoms with van der Waals surface area (Å²) in [5, 5.41) is 13.6. The van der Waals surface area contributed by atoms with Crippen LogP contribution in [-0.2, 0) is 30.2 Å². The van der Waals surface area contributed by atoms with Gasteiger partial charge in [-0.25, -0.2) is 13.4 Å². The molecule has 1 N–H and O–H groups in total. The number of nitrogens with zero attached hydrogens (tertiary/aromatic N) is 4. The highest BCUT2D eigenvalue weighted by molar-refractivity contribution is 7.89. The van der Waals surface area contributed by atoms with E-state index in [0.717, 1.165) is 22.3 Å². The molecule has 7 nitrogen and oxygen atoms in total. The van der Waals surface area contributed by atoms with E-state index in [0.29, 0.717) is 0 Å². The Morgan fingerprint density at radius 2 is 1.43 bits per heavy atom. The van der Waals surface area contributed by atoms with Crippen LogP contribution >= 0.6 is 0 Å². The standard InChI is InChI=1S/C22H28N4O3S/c1-16-5-9-19(10-6-16)13-26(14-20-11-7-17(2)8-12-20)30(28,29)18(3)21(27)22-23-15-24-25(22)4/h5-12,15,18,21,27H,13-14H2,1-4H3/t18-,21-/m0/s1. The highest BCUT2D eigenvalue weighted by Crippen LogP contribution is 2.25. The van der Waals surface area contributed by atoms with Gasteiger partial charge in [0.2, 0.25) is 10.0 Å². The van der Waals surface area contributed by atoms with Gasteiger partial charge in [0.05, 0.1) is 0 Å². The van der Waals surface area contributed by atoms with Gasteiger partial charge in [0.15, 0.2) is 5.82 Å². The summed E-state index contributed by atoms with van der Waals surface area (Å²) in [4.78, 5) is 4.02. The second-order valence-corrected chi connectivity index (χ2v) is 9.97. The molecule has 0 spiro atoms. The van der Waals surface area contributed by atoms with E-state index in [4.69, 9.17) is 0 Å². The summed E-state index contributed by atoms with van der Waals surface area (Å²) in [6.45, 7) is 5.92. The molecule has 0 aliphatic heterocycles. The monoisotopic (exact) mass is 428 g/mol. The summed E-state index contributed by atoms with van der Waals surface area (Å²) in [6, 6.07) is 15.6. The van der Waals surface area contributed by atoms with Crippen molar-refractivity contribution >= 4 is 10.0 Å². The Morgan fingerprint density at radius 3 is 1.83 bits per heavy atom. The first-order chi connectivity index (χ1) is 14.2. The largest absolute Gasteiger partial charge is 0.384 e. The third-order valence-electron chi connectivity index (χ3n) is 5.24. The summed E-state index contributed by atoms with van der Waals surface area (Å²) in [7, 11) is -2.23. The van der Waals surface area contributed by atoms with Crippen molar-refractivity contribution in [1.29, 1.82) is 0 Å². The Bertz CT molecular complexity index is 1030. The molecule has 2 aromatic carbocycles. The molecule has 0 saturated heterocycles. The van der Waals surface area contributed by atoms with Crippen LogP contribution in [-0.4, -0.2) is 37.8 Å². The van der Waals surface area contributed by atoms with Gasteiger partial charge in [0.1, 0.15) is 17.7 Å². The number of aliphatic hydroxyl groups excluding tert-OH is 1. The van der Waals surface area contributed by atoms with Crippen molar-refractivity contribution in [3.05, 3.63) is 82.9 Å². The molecular formula is C22H28N4O3S. The summed E-state index contributed by atoms with van der Waals surface area (Å²) in [5.41, 5.74) is 3.99. The average Bonchev–Trinajstić information content (AvgIpc) is 3.15. The number of rotatable bonds is 8.